The Morgan fingerprint density at radius 3 is 2.91 bits per heavy atom. The van der Waals surface area contributed by atoms with Crippen LogP contribution in [0.5, 0.6) is 0 Å². The molecule has 0 saturated heterocycles. The van der Waals surface area contributed by atoms with Gasteiger partial charge in [-0.3, -0.25) is 9.78 Å². The molecule has 1 aromatic carbocycles. The van der Waals surface area contributed by atoms with Crippen molar-refractivity contribution in [2.45, 2.75) is 32.4 Å². The van der Waals surface area contributed by atoms with Crippen LogP contribution in [0.25, 0.3) is 11.0 Å². The molecule has 2 aromatic heterocycles. The number of aryl methyl sites for hydroxylation is 2. The zero-order chi connectivity index (χ0) is 15.6. The molecule has 6 heteroatoms. The van der Waals surface area contributed by atoms with Crippen LogP contribution in [0.3, 0.4) is 0 Å². The Bertz CT molecular complexity index is 847. The van der Waals surface area contributed by atoms with E-state index in [-0.39, 0.29) is 5.91 Å². The van der Waals surface area contributed by atoms with Gasteiger partial charge in [-0.2, -0.15) is 0 Å². The summed E-state index contributed by atoms with van der Waals surface area (Å²) >= 11 is 0. The van der Waals surface area contributed by atoms with Gasteiger partial charge in [0.25, 0.3) is 5.91 Å². The second-order valence-corrected chi connectivity index (χ2v) is 5.73. The summed E-state index contributed by atoms with van der Waals surface area (Å²) in [5, 5.41) is 2.87. The van der Waals surface area contributed by atoms with Crippen molar-refractivity contribution in [3.05, 3.63) is 53.9 Å². The molecule has 3 heterocycles. The lowest BCUT2D eigenvalue weighted by Gasteiger charge is -2.11. The SMILES string of the molecule is O=C(NCc1cn2c(n1)CCCC2)c1cnc2ccccc2n1. The van der Waals surface area contributed by atoms with Gasteiger partial charge in [-0.15, -0.1) is 0 Å². The van der Waals surface area contributed by atoms with Crippen LogP contribution in [0.1, 0.15) is 34.8 Å². The number of benzene rings is 1. The molecular formula is C17H17N5O. The number of aromatic nitrogens is 4. The number of carbonyl (C=O) groups is 1. The van der Waals surface area contributed by atoms with Gasteiger partial charge in [0.1, 0.15) is 11.5 Å². The summed E-state index contributed by atoms with van der Waals surface area (Å²) in [7, 11) is 0. The Balaban J connectivity index is 1.47. The smallest absolute Gasteiger partial charge is 0.271 e. The molecule has 0 aliphatic carbocycles. The molecule has 0 saturated carbocycles. The Kier molecular flexibility index (Phi) is 3.49. The highest BCUT2D eigenvalue weighted by Crippen LogP contribution is 2.14. The molecule has 1 aliphatic heterocycles. The van der Waals surface area contributed by atoms with E-state index in [0.717, 1.165) is 35.5 Å². The van der Waals surface area contributed by atoms with Crippen LogP contribution in [0, 0.1) is 0 Å². The Hall–Kier alpha value is -2.76. The maximum atomic E-state index is 12.3. The van der Waals surface area contributed by atoms with E-state index in [1.807, 2.05) is 30.5 Å². The van der Waals surface area contributed by atoms with Crippen LogP contribution in [0.4, 0.5) is 0 Å². The molecule has 0 atom stereocenters. The molecule has 1 aliphatic rings. The highest BCUT2D eigenvalue weighted by molar-refractivity contribution is 5.93. The summed E-state index contributed by atoms with van der Waals surface area (Å²) in [5.41, 5.74) is 2.72. The number of hydrogen-bond donors (Lipinski definition) is 1. The average molecular weight is 307 g/mol. The molecule has 1 amide bonds. The summed E-state index contributed by atoms with van der Waals surface area (Å²) < 4.78 is 2.18. The molecule has 4 rings (SSSR count). The lowest BCUT2D eigenvalue weighted by atomic mass is 10.2. The first-order valence-corrected chi connectivity index (χ1v) is 7.84. The van der Waals surface area contributed by atoms with Gasteiger partial charge in [-0.25, -0.2) is 9.97 Å². The molecule has 23 heavy (non-hydrogen) atoms. The first-order chi connectivity index (χ1) is 11.3. The Morgan fingerprint density at radius 2 is 2.04 bits per heavy atom. The standard InChI is InChI=1S/C17H17N5O/c23-17(15-10-18-13-5-1-2-6-14(13)21-15)19-9-12-11-22-8-4-3-7-16(22)20-12/h1-2,5-6,10-11H,3-4,7-9H2,(H,19,23). The summed E-state index contributed by atoms with van der Waals surface area (Å²) in [6, 6.07) is 7.51. The molecule has 3 aromatic rings. The number of fused-ring (bicyclic) bond motifs is 2. The molecule has 0 bridgehead atoms. The fourth-order valence-electron chi connectivity index (χ4n) is 2.88. The van der Waals surface area contributed by atoms with Crippen molar-refractivity contribution in [2.24, 2.45) is 0 Å². The second kappa shape index (κ2) is 5.79. The van der Waals surface area contributed by atoms with E-state index in [1.165, 1.54) is 19.0 Å². The van der Waals surface area contributed by atoms with E-state index in [4.69, 9.17) is 0 Å². The van der Waals surface area contributed by atoms with E-state index in [9.17, 15) is 4.79 Å². The van der Waals surface area contributed by atoms with Crippen LogP contribution in [-0.2, 0) is 19.5 Å². The van der Waals surface area contributed by atoms with Gasteiger partial charge >= 0.3 is 0 Å². The first-order valence-electron chi connectivity index (χ1n) is 7.84. The van der Waals surface area contributed by atoms with Gasteiger partial charge in [-0.05, 0) is 25.0 Å². The number of imidazole rings is 1. The van der Waals surface area contributed by atoms with Crippen LogP contribution in [0.2, 0.25) is 0 Å². The largest absolute Gasteiger partial charge is 0.345 e. The minimum Gasteiger partial charge on any atom is -0.345 e. The zero-order valence-corrected chi connectivity index (χ0v) is 12.7. The number of nitrogens with zero attached hydrogens (tertiary/aromatic N) is 4. The predicted molar refractivity (Wildman–Crippen MR) is 85.9 cm³/mol. The van der Waals surface area contributed by atoms with E-state index in [2.05, 4.69) is 24.8 Å². The normalized spacial score (nSPS) is 13.7. The van der Waals surface area contributed by atoms with Crippen molar-refractivity contribution >= 4 is 16.9 Å². The summed E-state index contributed by atoms with van der Waals surface area (Å²) in [4.78, 5) is 25.5. The lowest BCUT2D eigenvalue weighted by molar-refractivity contribution is 0.0945. The fraction of sp³-hybridized carbons (Fsp3) is 0.294. The van der Waals surface area contributed by atoms with Crippen molar-refractivity contribution in [1.29, 1.82) is 0 Å². The van der Waals surface area contributed by atoms with Crippen molar-refractivity contribution in [3.8, 4) is 0 Å². The second-order valence-electron chi connectivity index (χ2n) is 5.73. The van der Waals surface area contributed by atoms with Crippen molar-refractivity contribution in [2.75, 3.05) is 0 Å². The number of carbonyl (C=O) groups excluding carboxylic acids is 1. The maximum Gasteiger partial charge on any atom is 0.271 e. The Labute approximate surface area is 133 Å². The van der Waals surface area contributed by atoms with Gasteiger partial charge in [-0.1, -0.05) is 12.1 Å². The van der Waals surface area contributed by atoms with Gasteiger partial charge in [0.15, 0.2) is 0 Å². The molecule has 0 fully saturated rings. The fourth-order valence-corrected chi connectivity index (χ4v) is 2.88. The number of rotatable bonds is 3. The highest BCUT2D eigenvalue weighted by Gasteiger charge is 2.14. The molecule has 0 spiro atoms. The Morgan fingerprint density at radius 1 is 1.17 bits per heavy atom. The summed E-state index contributed by atoms with van der Waals surface area (Å²) in [5.74, 6) is 0.889. The van der Waals surface area contributed by atoms with Gasteiger partial charge in [0.05, 0.1) is 29.5 Å². The number of hydrogen-bond acceptors (Lipinski definition) is 4. The van der Waals surface area contributed by atoms with Crippen molar-refractivity contribution in [1.82, 2.24) is 24.8 Å². The minimum absolute atomic E-state index is 0.228. The third-order valence-corrected chi connectivity index (χ3v) is 4.07. The van der Waals surface area contributed by atoms with Gasteiger partial charge in [0.2, 0.25) is 0 Å². The molecule has 0 unspecified atom stereocenters. The van der Waals surface area contributed by atoms with E-state index in [1.54, 1.807) is 0 Å². The highest BCUT2D eigenvalue weighted by atomic mass is 16.1. The van der Waals surface area contributed by atoms with E-state index >= 15 is 0 Å². The number of nitrogens with one attached hydrogen (secondary N) is 1. The van der Waals surface area contributed by atoms with Crippen LogP contribution < -0.4 is 5.32 Å². The molecule has 1 N–H and O–H groups in total. The third kappa shape index (κ3) is 2.79. The van der Waals surface area contributed by atoms with Crippen molar-refractivity contribution in [3.63, 3.8) is 0 Å². The van der Waals surface area contributed by atoms with Crippen LogP contribution in [0.15, 0.2) is 36.7 Å². The number of amides is 1. The predicted octanol–water partition coefficient (Wildman–Crippen LogP) is 2.09. The van der Waals surface area contributed by atoms with Crippen molar-refractivity contribution < 1.29 is 4.79 Å². The summed E-state index contributed by atoms with van der Waals surface area (Å²) in [6.07, 6.45) is 6.94. The van der Waals surface area contributed by atoms with Crippen LogP contribution in [-0.4, -0.2) is 25.4 Å². The van der Waals surface area contributed by atoms with Crippen LogP contribution >= 0.6 is 0 Å². The monoisotopic (exact) mass is 307 g/mol. The molecule has 0 radical (unpaired) electrons. The van der Waals surface area contributed by atoms with Gasteiger partial charge < -0.3 is 9.88 Å². The minimum atomic E-state index is -0.228. The quantitative estimate of drug-likeness (QED) is 0.804. The third-order valence-electron chi connectivity index (χ3n) is 4.07. The van der Waals surface area contributed by atoms with E-state index < -0.39 is 0 Å². The zero-order valence-electron chi connectivity index (χ0n) is 12.7. The first kappa shape index (κ1) is 13.9. The molecule has 6 nitrogen and oxygen atoms in total. The summed E-state index contributed by atoms with van der Waals surface area (Å²) in [6.45, 7) is 1.43. The average Bonchev–Trinajstić information content (AvgIpc) is 3.02. The topological polar surface area (TPSA) is 72.7 Å². The number of para-hydroxylation sites is 2. The maximum absolute atomic E-state index is 12.3. The molecular weight excluding hydrogens is 290 g/mol. The van der Waals surface area contributed by atoms with E-state index in [0.29, 0.717) is 12.2 Å². The lowest BCUT2D eigenvalue weighted by Crippen LogP contribution is -2.24. The molecule has 116 valence electrons. The van der Waals surface area contributed by atoms with Gasteiger partial charge in [0, 0.05) is 19.2 Å².